The van der Waals surface area contributed by atoms with Crippen LogP contribution in [-0.2, 0) is 18.3 Å². The number of nitrogens with two attached hydrogens (primary N) is 1. The topological polar surface area (TPSA) is 91.3 Å². The number of nitrogens with zero attached hydrogens (tertiary/aromatic N) is 2. The summed E-state index contributed by atoms with van der Waals surface area (Å²) in [4.78, 5) is 23.8. The van der Waals surface area contributed by atoms with Crippen LogP contribution in [0.3, 0.4) is 0 Å². The molecule has 0 amide bonds. The first kappa shape index (κ1) is 14.3. The van der Waals surface area contributed by atoms with Crippen LogP contribution in [0.15, 0.2) is 9.59 Å². The van der Waals surface area contributed by atoms with E-state index in [1.165, 1.54) is 11.6 Å². The molecule has 1 aromatic rings. The van der Waals surface area contributed by atoms with E-state index in [0.717, 1.165) is 11.0 Å². The SMILES string of the molecule is CCCn1c(N)c(NCCOC)c(=O)n(C)c1=O. The number of aromatic nitrogens is 2. The number of hydrogen-bond acceptors (Lipinski definition) is 5. The molecule has 0 aliphatic carbocycles. The van der Waals surface area contributed by atoms with Gasteiger partial charge in [-0.2, -0.15) is 0 Å². The third-order valence-electron chi connectivity index (χ3n) is 2.64. The highest BCUT2D eigenvalue weighted by Crippen LogP contribution is 2.10. The number of rotatable bonds is 6. The summed E-state index contributed by atoms with van der Waals surface area (Å²) in [5.74, 6) is 0.182. The summed E-state index contributed by atoms with van der Waals surface area (Å²) in [5, 5.41) is 2.91. The molecule has 0 aliphatic rings. The number of methoxy groups -OCH3 is 1. The summed E-state index contributed by atoms with van der Waals surface area (Å²) in [6.45, 7) is 3.34. The fourth-order valence-corrected chi connectivity index (χ4v) is 1.67. The van der Waals surface area contributed by atoms with Gasteiger partial charge in [0, 0.05) is 27.2 Å². The first-order chi connectivity index (χ1) is 8.54. The Labute approximate surface area is 105 Å². The zero-order valence-corrected chi connectivity index (χ0v) is 11.0. The molecule has 1 heterocycles. The second kappa shape index (κ2) is 6.25. The lowest BCUT2D eigenvalue weighted by Crippen LogP contribution is -2.41. The minimum absolute atomic E-state index is 0.182. The van der Waals surface area contributed by atoms with Gasteiger partial charge in [0.25, 0.3) is 5.56 Å². The Balaban J connectivity index is 3.24. The fraction of sp³-hybridized carbons (Fsp3) is 0.636. The summed E-state index contributed by atoms with van der Waals surface area (Å²) in [7, 11) is 3.01. The highest BCUT2D eigenvalue weighted by molar-refractivity contribution is 5.60. The van der Waals surface area contributed by atoms with Crippen molar-refractivity contribution >= 4 is 11.5 Å². The Morgan fingerprint density at radius 1 is 1.39 bits per heavy atom. The number of ether oxygens (including phenoxy) is 1. The van der Waals surface area contributed by atoms with Crippen molar-refractivity contribution in [3.05, 3.63) is 20.8 Å². The molecular weight excluding hydrogens is 236 g/mol. The zero-order chi connectivity index (χ0) is 13.7. The van der Waals surface area contributed by atoms with Crippen LogP contribution in [0.4, 0.5) is 11.5 Å². The molecule has 0 saturated heterocycles. The molecule has 3 N–H and O–H groups in total. The average Bonchev–Trinajstić information content (AvgIpc) is 2.36. The Hall–Kier alpha value is -1.76. The maximum absolute atomic E-state index is 11.9. The van der Waals surface area contributed by atoms with Crippen molar-refractivity contribution in [2.75, 3.05) is 31.3 Å². The van der Waals surface area contributed by atoms with Crippen molar-refractivity contribution in [3.63, 3.8) is 0 Å². The Kier molecular flexibility index (Phi) is 4.96. The molecule has 0 atom stereocenters. The van der Waals surface area contributed by atoms with Gasteiger partial charge in [-0.25, -0.2) is 4.79 Å². The molecule has 1 aromatic heterocycles. The Morgan fingerprint density at radius 2 is 2.06 bits per heavy atom. The van der Waals surface area contributed by atoms with E-state index in [9.17, 15) is 9.59 Å². The van der Waals surface area contributed by atoms with Crippen molar-refractivity contribution in [2.24, 2.45) is 7.05 Å². The van der Waals surface area contributed by atoms with E-state index in [0.29, 0.717) is 19.7 Å². The lowest BCUT2D eigenvalue weighted by molar-refractivity contribution is 0.210. The van der Waals surface area contributed by atoms with Gasteiger partial charge in [-0.15, -0.1) is 0 Å². The van der Waals surface area contributed by atoms with Crippen molar-refractivity contribution in [1.29, 1.82) is 0 Å². The van der Waals surface area contributed by atoms with Crippen LogP contribution in [-0.4, -0.2) is 29.4 Å². The highest BCUT2D eigenvalue weighted by atomic mass is 16.5. The smallest absolute Gasteiger partial charge is 0.332 e. The van der Waals surface area contributed by atoms with Gasteiger partial charge < -0.3 is 15.8 Å². The molecule has 0 saturated carbocycles. The molecule has 0 aromatic carbocycles. The van der Waals surface area contributed by atoms with E-state index >= 15 is 0 Å². The largest absolute Gasteiger partial charge is 0.383 e. The van der Waals surface area contributed by atoms with Crippen LogP contribution < -0.4 is 22.3 Å². The van der Waals surface area contributed by atoms with Crippen molar-refractivity contribution < 1.29 is 4.74 Å². The zero-order valence-electron chi connectivity index (χ0n) is 11.0. The van der Waals surface area contributed by atoms with Gasteiger partial charge in [0.2, 0.25) is 0 Å². The van der Waals surface area contributed by atoms with Crippen LogP contribution in [0.2, 0.25) is 0 Å². The molecule has 7 nitrogen and oxygen atoms in total. The van der Waals surface area contributed by atoms with E-state index in [1.54, 1.807) is 7.11 Å². The molecule has 0 fully saturated rings. The van der Waals surface area contributed by atoms with Gasteiger partial charge in [-0.3, -0.25) is 13.9 Å². The number of nitrogen functional groups attached to an aromatic ring is 1. The molecule has 7 heteroatoms. The van der Waals surface area contributed by atoms with Gasteiger partial charge in [0.05, 0.1) is 6.61 Å². The lowest BCUT2D eigenvalue weighted by atomic mass is 10.4. The summed E-state index contributed by atoms with van der Waals surface area (Å²) < 4.78 is 7.35. The summed E-state index contributed by atoms with van der Waals surface area (Å²) in [6.07, 6.45) is 0.764. The molecule has 18 heavy (non-hydrogen) atoms. The molecule has 102 valence electrons. The maximum Gasteiger partial charge on any atom is 0.332 e. The Morgan fingerprint density at radius 3 is 2.61 bits per heavy atom. The standard InChI is InChI=1S/C11H20N4O3/c1-4-6-15-9(12)8(13-5-7-18-3)10(16)14(2)11(15)17/h13H,4-7,12H2,1-3H3. The summed E-state index contributed by atoms with van der Waals surface area (Å²) in [6, 6.07) is 0. The molecule has 0 spiro atoms. The van der Waals surface area contributed by atoms with Crippen molar-refractivity contribution in [1.82, 2.24) is 9.13 Å². The van der Waals surface area contributed by atoms with Crippen LogP contribution in [0.5, 0.6) is 0 Å². The molecule has 0 radical (unpaired) electrons. The van der Waals surface area contributed by atoms with Crippen LogP contribution in [0, 0.1) is 0 Å². The fourth-order valence-electron chi connectivity index (χ4n) is 1.67. The van der Waals surface area contributed by atoms with Gasteiger partial charge in [-0.05, 0) is 6.42 Å². The second-order valence-corrected chi connectivity index (χ2v) is 3.98. The number of anilines is 2. The van der Waals surface area contributed by atoms with Crippen LogP contribution in [0.25, 0.3) is 0 Å². The van der Waals surface area contributed by atoms with Gasteiger partial charge in [0.1, 0.15) is 11.5 Å². The molecular formula is C11H20N4O3. The minimum Gasteiger partial charge on any atom is -0.383 e. The van der Waals surface area contributed by atoms with Gasteiger partial charge in [-0.1, -0.05) is 6.92 Å². The Bertz CT molecular complexity index is 518. The number of nitrogens with one attached hydrogen (secondary N) is 1. The summed E-state index contributed by atoms with van der Waals surface area (Å²) >= 11 is 0. The predicted molar refractivity (Wildman–Crippen MR) is 71.0 cm³/mol. The predicted octanol–water partition coefficient (Wildman–Crippen LogP) is -0.402. The van der Waals surface area contributed by atoms with E-state index < -0.39 is 11.2 Å². The molecule has 0 aliphatic heterocycles. The third-order valence-corrected chi connectivity index (χ3v) is 2.64. The molecule has 0 bridgehead atoms. The normalized spacial score (nSPS) is 10.6. The highest BCUT2D eigenvalue weighted by Gasteiger charge is 2.14. The maximum atomic E-state index is 11.9. The van der Waals surface area contributed by atoms with Crippen LogP contribution in [0.1, 0.15) is 13.3 Å². The van der Waals surface area contributed by atoms with E-state index in [-0.39, 0.29) is 11.5 Å². The van der Waals surface area contributed by atoms with Crippen LogP contribution >= 0.6 is 0 Å². The first-order valence-corrected chi connectivity index (χ1v) is 5.86. The average molecular weight is 256 g/mol. The van der Waals surface area contributed by atoms with Crippen molar-refractivity contribution in [2.45, 2.75) is 19.9 Å². The lowest BCUT2D eigenvalue weighted by Gasteiger charge is -2.15. The third kappa shape index (κ3) is 2.73. The van der Waals surface area contributed by atoms with Crippen molar-refractivity contribution in [3.8, 4) is 0 Å². The van der Waals surface area contributed by atoms with E-state index in [4.69, 9.17) is 10.5 Å². The quantitative estimate of drug-likeness (QED) is 0.676. The van der Waals surface area contributed by atoms with E-state index in [1.807, 2.05) is 6.92 Å². The van der Waals surface area contributed by atoms with Gasteiger partial charge in [0.15, 0.2) is 0 Å². The second-order valence-electron chi connectivity index (χ2n) is 3.98. The van der Waals surface area contributed by atoms with Gasteiger partial charge >= 0.3 is 5.69 Å². The van der Waals surface area contributed by atoms with E-state index in [2.05, 4.69) is 5.32 Å². The first-order valence-electron chi connectivity index (χ1n) is 5.86. The molecule has 0 unspecified atom stereocenters. The summed E-state index contributed by atoms with van der Waals surface area (Å²) in [5.41, 5.74) is 5.31. The monoisotopic (exact) mass is 256 g/mol. The minimum atomic E-state index is -0.416. The number of hydrogen-bond donors (Lipinski definition) is 2. The molecule has 1 rings (SSSR count).